The Morgan fingerprint density at radius 1 is 1.26 bits per heavy atom. The number of amides is 2. The summed E-state index contributed by atoms with van der Waals surface area (Å²) in [7, 11) is 0. The maximum atomic E-state index is 12.6. The van der Waals surface area contributed by atoms with Crippen molar-refractivity contribution in [2.24, 2.45) is 17.8 Å². The summed E-state index contributed by atoms with van der Waals surface area (Å²) in [5, 5.41) is 9.47. The summed E-state index contributed by atoms with van der Waals surface area (Å²) in [4.78, 5) is 36.7. The number of anilines is 1. The highest BCUT2D eigenvalue weighted by molar-refractivity contribution is 6.02. The topological polar surface area (TPSA) is 96.5 Å². The van der Waals surface area contributed by atoms with Crippen molar-refractivity contribution in [1.29, 1.82) is 0 Å². The molecular weight excluding hydrogens is 346 g/mol. The SMILES string of the molecule is CCOC(=O)CNC(=O)[C@@H]1C[C@H]2CC[C@@H]1C[C@@]21NC(=O)c2ccccc2N1. The first-order chi connectivity index (χ1) is 13.0. The fourth-order valence-electron chi connectivity index (χ4n) is 4.97. The molecule has 3 saturated carbocycles. The monoisotopic (exact) mass is 371 g/mol. The van der Waals surface area contributed by atoms with E-state index in [2.05, 4.69) is 16.0 Å². The molecule has 1 heterocycles. The van der Waals surface area contributed by atoms with Crippen molar-refractivity contribution in [3.63, 3.8) is 0 Å². The van der Waals surface area contributed by atoms with Crippen LogP contribution in [0.15, 0.2) is 24.3 Å². The molecule has 3 N–H and O–H groups in total. The van der Waals surface area contributed by atoms with E-state index in [1.165, 1.54) is 0 Å². The van der Waals surface area contributed by atoms with Crippen molar-refractivity contribution < 1.29 is 19.1 Å². The van der Waals surface area contributed by atoms with E-state index in [1.54, 1.807) is 6.92 Å². The average Bonchev–Trinajstić information content (AvgIpc) is 2.66. The third kappa shape index (κ3) is 3.15. The van der Waals surface area contributed by atoms with Crippen LogP contribution in [0.1, 0.15) is 43.0 Å². The number of para-hydroxylation sites is 1. The smallest absolute Gasteiger partial charge is 0.325 e. The van der Waals surface area contributed by atoms with Crippen LogP contribution < -0.4 is 16.0 Å². The summed E-state index contributed by atoms with van der Waals surface area (Å²) < 4.78 is 4.87. The molecule has 3 fully saturated rings. The summed E-state index contributed by atoms with van der Waals surface area (Å²) in [6.07, 6.45) is 3.36. The lowest BCUT2D eigenvalue weighted by Crippen LogP contribution is -2.68. The van der Waals surface area contributed by atoms with Gasteiger partial charge in [0.2, 0.25) is 5.91 Å². The first kappa shape index (κ1) is 17.8. The molecule has 4 aliphatic rings. The molecule has 7 heteroatoms. The minimum atomic E-state index is -0.480. The summed E-state index contributed by atoms with van der Waals surface area (Å²) in [6.45, 7) is 1.95. The Morgan fingerprint density at radius 3 is 2.81 bits per heavy atom. The van der Waals surface area contributed by atoms with E-state index in [9.17, 15) is 14.4 Å². The molecule has 4 atom stereocenters. The maximum absolute atomic E-state index is 12.6. The first-order valence-electron chi connectivity index (χ1n) is 9.65. The molecule has 144 valence electrons. The van der Waals surface area contributed by atoms with Crippen molar-refractivity contribution >= 4 is 23.5 Å². The molecule has 2 amide bonds. The Labute approximate surface area is 158 Å². The lowest BCUT2D eigenvalue weighted by molar-refractivity contribution is -0.145. The van der Waals surface area contributed by atoms with Crippen molar-refractivity contribution in [3.8, 4) is 0 Å². The Bertz CT molecular complexity index is 780. The number of hydrogen-bond donors (Lipinski definition) is 3. The molecule has 27 heavy (non-hydrogen) atoms. The highest BCUT2D eigenvalue weighted by Gasteiger charge is 2.55. The highest BCUT2D eigenvalue weighted by Crippen LogP contribution is 2.51. The lowest BCUT2D eigenvalue weighted by atomic mass is 9.58. The second kappa shape index (κ2) is 6.87. The number of rotatable bonds is 4. The molecule has 2 bridgehead atoms. The van der Waals surface area contributed by atoms with Gasteiger partial charge in [0, 0.05) is 17.5 Å². The van der Waals surface area contributed by atoms with E-state index in [-0.39, 0.29) is 36.1 Å². The molecule has 0 radical (unpaired) electrons. The Kier molecular flexibility index (Phi) is 4.53. The molecule has 7 nitrogen and oxygen atoms in total. The second-order valence-electron chi connectivity index (χ2n) is 7.70. The average molecular weight is 371 g/mol. The molecular formula is C20H25N3O4. The number of benzene rings is 1. The largest absolute Gasteiger partial charge is 0.465 e. The number of hydrogen-bond acceptors (Lipinski definition) is 5. The van der Waals surface area contributed by atoms with Crippen LogP contribution in [0.25, 0.3) is 0 Å². The minimum Gasteiger partial charge on any atom is -0.465 e. The van der Waals surface area contributed by atoms with Crippen LogP contribution in [0.5, 0.6) is 0 Å². The van der Waals surface area contributed by atoms with Crippen LogP contribution in [0.2, 0.25) is 0 Å². The van der Waals surface area contributed by atoms with E-state index in [0.717, 1.165) is 24.9 Å². The van der Waals surface area contributed by atoms with Crippen molar-refractivity contribution in [2.45, 2.75) is 38.3 Å². The summed E-state index contributed by atoms with van der Waals surface area (Å²) in [5.74, 6) is -0.329. The molecule has 1 spiro atoms. The van der Waals surface area contributed by atoms with Gasteiger partial charge in [-0.25, -0.2) is 0 Å². The summed E-state index contributed by atoms with van der Waals surface area (Å²) in [6, 6.07) is 7.53. The molecule has 1 aliphatic heterocycles. The van der Waals surface area contributed by atoms with Crippen molar-refractivity contribution in [2.75, 3.05) is 18.5 Å². The fourth-order valence-corrected chi connectivity index (χ4v) is 4.97. The lowest BCUT2D eigenvalue weighted by Gasteiger charge is -2.56. The van der Waals surface area contributed by atoms with Gasteiger partial charge in [-0.2, -0.15) is 0 Å². The quantitative estimate of drug-likeness (QED) is 0.700. The zero-order valence-electron chi connectivity index (χ0n) is 15.4. The van der Waals surface area contributed by atoms with Crippen LogP contribution in [0, 0.1) is 17.8 Å². The number of nitrogens with one attached hydrogen (secondary N) is 3. The molecule has 3 aliphatic carbocycles. The summed E-state index contributed by atoms with van der Waals surface area (Å²) >= 11 is 0. The Morgan fingerprint density at radius 2 is 2.07 bits per heavy atom. The van der Waals surface area contributed by atoms with Crippen LogP contribution in [-0.2, 0) is 14.3 Å². The van der Waals surface area contributed by atoms with Crippen molar-refractivity contribution in [3.05, 3.63) is 29.8 Å². The molecule has 0 saturated heterocycles. The molecule has 0 unspecified atom stereocenters. The normalized spacial score (nSPS) is 30.9. The maximum Gasteiger partial charge on any atom is 0.325 e. The van der Waals surface area contributed by atoms with Crippen LogP contribution in [0.3, 0.4) is 0 Å². The standard InChI is InChI=1S/C20H25N3O4/c1-2-27-17(24)11-21-18(25)15-9-13-8-7-12(15)10-20(13)22-16-6-4-3-5-14(16)19(26)23-20/h3-6,12-13,15,22H,2,7-11H2,1H3,(H,21,25)(H,23,26)/t12-,13-,15-,20-/m1/s1. The van der Waals surface area contributed by atoms with Crippen LogP contribution in [0.4, 0.5) is 5.69 Å². The predicted molar refractivity (Wildman–Crippen MR) is 98.8 cm³/mol. The van der Waals surface area contributed by atoms with Crippen LogP contribution in [-0.4, -0.2) is 36.6 Å². The van der Waals surface area contributed by atoms with Gasteiger partial charge in [0.25, 0.3) is 5.91 Å². The van der Waals surface area contributed by atoms with Gasteiger partial charge in [0.1, 0.15) is 12.2 Å². The van der Waals surface area contributed by atoms with Crippen molar-refractivity contribution in [1.82, 2.24) is 10.6 Å². The van der Waals surface area contributed by atoms with Gasteiger partial charge in [0.15, 0.2) is 0 Å². The van der Waals surface area contributed by atoms with E-state index in [1.807, 2.05) is 24.3 Å². The molecule has 5 rings (SSSR count). The molecule has 0 aromatic heterocycles. The van der Waals surface area contributed by atoms with E-state index in [0.29, 0.717) is 18.6 Å². The van der Waals surface area contributed by atoms with Gasteiger partial charge >= 0.3 is 5.97 Å². The third-order valence-corrected chi connectivity index (χ3v) is 6.19. The van der Waals surface area contributed by atoms with Gasteiger partial charge < -0.3 is 20.7 Å². The van der Waals surface area contributed by atoms with Gasteiger partial charge in [-0.1, -0.05) is 12.1 Å². The Balaban J connectivity index is 1.46. The number of carbonyl (C=O) groups is 3. The molecule has 1 aromatic carbocycles. The zero-order valence-corrected chi connectivity index (χ0v) is 15.4. The highest BCUT2D eigenvalue weighted by atomic mass is 16.5. The van der Waals surface area contributed by atoms with Gasteiger partial charge in [0.05, 0.1) is 12.2 Å². The van der Waals surface area contributed by atoms with Gasteiger partial charge in [-0.15, -0.1) is 0 Å². The van der Waals surface area contributed by atoms with Gasteiger partial charge in [-0.05, 0) is 50.7 Å². The number of esters is 1. The summed E-state index contributed by atoms with van der Waals surface area (Å²) in [5.41, 5.74) is 1.04. The van der Waals surface area contributed by atoms with Crippen LogP contribution >= 0.6 is 0 Å². The number of fused-ring (bicyclic) bond motifs is 3. The first-order valence-corrected chi connectivity index (χ1v) is 9.65. The van der Waals surface area contributed by atoms with Gasteiger partial charge in [-0.3, -0.25) is 14.4 Å². The zero-order chi connectivity index (χ0) is 19.0. The minimum absolute atomic E-state index is 0.0554. The number of carbonyl (C=O) groups excluding carboxylic acids is 3. The number of ether oxygens (including phenoxy) is 1. The third-order valence-electron chi connectivity index (χ3n) is 6.19. The predicted octanol–water partition coefficient (Wildman–Crippen LogP) is 1.65. The fraction of sp³-hybridized carbons (Fsp3) is 0.550. The van der Waals surface area contributed by atoms with E-state index >= 15 is 0 Å². The van der Waals surface area contributed by atoms with E-state index < -0.39 is 11.6 Å². The Hall–Kier alpha value is -2.57. The second-order valence-corrected chi connectivity index (χ2v) is 7.70. The van der Waals surface area contributed by atoms with E-state index in [4.69, 9.17) is 4.74 Å². The molecule has 1 aromatic rings.